The van der Waals surface area contributed by atoms with Crippen molar-refractivity contribution in [3.8, 4) is 11.8 Å². The number of carbonyl (C=O) groups is 1. The zero-order valence-corrected chi connectivity index (χ0v) is 11.6. The van der Waals surface area contributed by atoms with Crippen molar-refractivity contribution >= 4 is 23.2 Å². The molecule has 1 amide bonds. The lowest BCUT2D eigenvalue weighted by Crippen LogP contribution is -2.11. The molecular weight excluding hydrogens is 246 g/mol. The Bertz CT molecular complexity index is 471. The Morgan fingerprint density at radius 2 is 2.11 bits per heavy atom. The second kappa shape index (κ2) is 7.79. The van der Waals surface area contributed by atoms with Gasteiger partial charge in [0, 0.05) is 23.4 Å². The van der Waals surface area contributed by atoms with Crippen molar-refractivity contribution in [2.75, 3.05) is 5.32 Å². The van der Waals surface area contributed by atoms with E-state index in [1.54, 1.807) is 18.2 Å². The summed E-state index contributed by atoms with van der Waals surface area (Å²) < 4.78 is 0. The minimum absolute atomic E-state index is 0.0124. The highest BCUT2D eigenvalue weighted by molar-refractivity contribution is 6.30. The first kappa shape index (κ1) is 14.6. The van der Waals surface area contributed by atoms with Crippen LogP contribution in [-0.2, 0) is 4.79 Å². The molecule has 3 heteroatoms. The number of rotatable bonds is 4. The van der Waals surface area contributed by atoms with Crippen molar-refractivity contribution in [3.63, 3.8) is 0 Å². The first-order chi connectivity index (χ1) is 8.67. The summed E-state index contributed by atoms with van der Waals surface area (Å²) >= 11 is 5.95. The smallest absolute Gasteiger partial charge is 0.224 e. The molecule has 0 saturated heterocycles. The minimum atomic E-state index is 0.0124. The van der Waals surface area contributed by atoms with Gasteiger partial charge in [0.2, 0.25) is 5.91 Å². The zero-order chi connectivity index (χ0) is 13.4. The Kier molecular flexibility index (Phi) is 6.32. The van der Waals surface area contributed by atoms with Crippen LogP contribution in [0.4, 0.5) is 5.69 Å². The third-order valence-electron chi connectivity index (χ3n) is 2.33. The molecule has 0 heterocycles. The van der Waals surface area contributed by atoms with Crippen molar-refractivity contribution in [2.45, 2.75) is 39.5 Å². The number of halogens is 1. The highest BCUT2D eigenvalue weighted by atomic mass is 35.5. The van der Waals surface area contributed by atoms with Crippen molar-refractivity contribution in [3.05, 3.63) is 28.8 Å². The van der Waals surface area contributed by atoms with Gasteiger partial charge in [0.1, 0.15) is 0 Å². The summed E-state index contributed by atoms with van der Waals surface area (Å²) in [4.78, 5) is 11.6. The molecule has 0 bridgehead atoms. The zero-order valence-electron chi connectivity index (χ0n) is 10.8. The molecule has 18 heavy (non-hydrogen) atoms. The van der Waals surface area contributed by atoms with Gasteiger partial charge in [-0.15, -0.1) is 0 Å². The van der Waals surface area contributed by atoms with Gasteiger partial charge in [-0.3, -0.25) is 4.79 Å². The number of carbonyl (C=O) groups excluding carboxylic acids is 1. The van der Waals surface area contributed by atoms with Gasteiger partial charge in [0.05, 0.1) is 5.69 Å². The van der Waals surface area contributed by atoms with E-state index in [9.17, 15) is 4.79 Å². The fraction of sp³-hybridized carbons (Fsp3) is 0.400. The fourth-order valence-electron chi connectivity index (χ4n) is 1.45. The van der Waals surface area contributed by atoms with Crippen molar-refractivity contribution < 1.29 is 4.79 Å². The molecule has 2 nitrogen and oxygen atoms in total. The molecule has 0 atom stereocenters. The molecule has 0 fully saturated rings. The normalized spacial score (nSPS) is 9.50. The number of nitrogens with one attached hydrogen (secondary N) is 1. The van der Waals surface area contributed by atoms with Gasteiger partial charge in [0.25, 0.3) is 0 Å². The molecule has 0 spiro atoms. The third-order valence-corrected chi connectivity index (χ3v) is 2.57. The van der Waals surface area contributed by atoms with Gasteiger partial charge in [-0.05, 0) is 31.0 Å². The highest BCUT2D eigenvalue weighted by Gasteiger charge is 2.05. The van der Waals surface area contributed by atoms with Gasteiger partial charge in [0.15, 0.2) is 0 Å². The lowest BCUT2D eigenvalue weighted by Gasteiger charge is -2.07. The van der Waals surface area contributed by atoms with E-state index in [1.807, 2.05) is 6.92 Å². The predicted octanol–water partition coefficient (Wildman–Crippen LogP) is 4.23. The first-order valence-corrected chi connectivity index (χ1v) is 6.63. The van der Waals surface area contributed by atoms with E-state index in [0.717, 1.165) is 30.5 Å². The first-order valence-electron chi connectivity index (χ1n) is 6.25. The summed E-state index contributed by atoms with van der Waals surface area (Å²) in [6.45, 7) is 4.06. The third kappa shape index (κ3) is 4.81. The Labute approximate surface area is 114 Å². The van der Waals surface area contributed by atoms with Crippen LogP contribution in [0.5, 0.6) is 0 Å². The quantitative estimate of drug-likeness (QED) is 0.810. The fourth-order valence-corrected chi connectivity index (χ4v) is 1.62. The Morgan fingerprint density at radius 3 is 2.78 bits per heavy atom. The molecule has 0 aliphatic heterocycles. The summed E-state index contributed by atoms with van der Waals surface area (Å²) in [6.07, 6.45) is 3.21. The highest BCUT2D eigenvalue weighted by Crippen LogP contribution is 2.20. The molecule has 0 saturated carbocycles. The average molecular weight is 264 g/mol. The Hall–Kier alpha value is -1.46. The molecule has 1 aromatic rings. The van der Waals surface area contributed by atoms with Crippen molar-refractivity contribution in [2.24, 2.45) is 0 Å². The SMILES string of the molecule is CCCC#Cc1cc(Cl)ccc1NC(=O)CCC. The van der Waals surface area contributed by atoms with Gasteiger partial charge in [-0.2, -0.15) is 0 Å². The monoisotopic (exact) mass is 263 g/mol. The van der Waals surface area contributed by atoms with E-state index < -0.39 is 0 Å². The van der Waals surface area contributed by atoms with Crippen LogP contribution in [0.15, 0.2) is 18.2 Å². The number of anilines is 1. The standard InChI is InChI=1S/C15H18ClNO/c1-3-5-6-8-12-11-13(16)9-10-14(12)17-15(18)7-4-2/h9-11H,3-5,7H2,1-2H3,(H,17,18). The molecule has 0 aliphatic carbocycles. The van der Waals surface area contributed by atoms with E-state index in [1.165, 1.54) is 0 Å². The summed E-state index contributed by atoms with van der Waals surface area (Å²) in [5.41, 5.74) is 1.52. The Balaban J connectivity index is 2.90. The largest absolute Gasteiger partial charge is 0.325 e. The number of benzene rings is 1. The van der Waals surface area contributed by atoms with E-state index in [-0.39, 0.29) is 5.91 Å². The van der Waals surface area contributed by atoms with Crippen LogP contribution in [0.3, 0.4) is 0 Å². The molecule has 0 aliphatic rings. The maximum atomic E-state index is 11.6. The molecule has 96 valence electrons. The van der Waals surface area contributed by atoms with Crippen LogP contribution in [-0.4, -0.2) is 5.91 Å². The molecule has 0 aromatic heterocycles. The van der Waals surface area contributed by atoms with Crippen LogP contribution in [0.2, 0.25) is 5.02 Å². The topological polar surface area (TPSA) is 29.1 Å². The number of hydrogen-bond acceptors (Lipinski definition) is 1. The second-order valence-electron chi connectivity index (χ2n) is 4.04. The number of unbranched alkanes of at least 4 members (excludes halogenated alkanes) is 1. The molecule has 1 rings (SSSR count). The summed E-state index contributed by atoms with van der Waals surface area (Å²) in [5.74, 6) is 6.13. The van der Waals surface area contributed by atoms with Crippen LogP contribution in [0.25, 0.3) is 0 Å². The van der Waals surface area contributed by atoms with Crippen LogP contribution in [0.1, 0.15) is 45.1 Å². The predicted molar refractivity (Wildman–Crippen MR) is 76.8 cm³/mol. The van der Waals surface area contributed by atoms with Crippen LogP contribution < -0.4 is 5.32 Å². The lowest BCUT2D eigenvalue weighted by molar-refractivity contribution is -0.116. The van der Waals surface area contributed by atoms with Crippen molar-refractivity contribution in [1.29, 1.82) is 0 Å². The molecule has 0 unspecified atom stereocenters. The van der Waals surface area contributed by atoms with Gasteiger partial charge < -0.3 is 5.32 Å². The van der Waals surface area contributed by atoms with Gasteiger partial charge >= 0.3 is 0 Å². The second-order valence-corrected chi connectivity index (χ2v) is 4.48. The molecule has 0 radical (unpaired) electrons. The van der Waals surface area contributed by atoms with E-state index in [0.29, 0.717) is 11.4 Å². The van der Waals surface area contributed by atoms with Gasteiger partial charge in [-0.25, -0.2) is 0 Å². The maximum absolute atomic E-state index is 11.6. The minimum Gasteiger partial charge on any atom is -0.325 e. The van der Waals surface area contributed by atoms with E-state index >= 15 is 0 Å². The average Bonchev–Trinajstić information content (AvgIpc) is 2.33. The molecule has 1 aromatic carbocycles. The number of hydrogen-bond donors (Lipinski definition) is 1. The Morgan fingerprint density at radius 1 is 1.33 bits per heavy atom. The van der Waals surface area contributed by atoms with E-state index in [4.69, 9.17) is 11.6 Å². The van der Waals surface area contributed by atoms with Crippen LogP contribution >= 0.6 is 11.6 Å². The number of amides is 1. The summed E-state index contributed by atoms with van der Waals surface area (Å²) in [6, 6.07) is 5.34. The summed E-state index contributed by atoms with van der Waals surface area (Å²) in [5, 5.41) is 3.49. The summed E-state index contributed by atoms with van der Waals surface area (Å²) in [7, 11) is 0. The lowest BCUT2D eigenvalue weighted by atomic mass is 10.1. The molecular formula is C15H18ClNO. The van der Waals surface area contributed by atoms with Crippen molar-refractivity contribution in [1.82, 2.24) is 0 Å². The van der Waals surface area contributed by atoms with Crippen LogP contribution in [0, 0.1) is 11.8 Å². The maximum Gasteiger partial charge on any atom is 0.224 e. The van der Waals surface area contributed by atoms with Gasteiger partial charge in [-0.1, -0.05) is 37.3 Å². The van der Waals surface area contributed by atoms with E-state index in [2.05, 4.69) is 24.1 Å². The molecule has 1 N–H and O–H groups in total.